The molecule has 2 bridgehead atoms. The van der Waals surface area contributed by atoms with Crippen molar-refractivity contribution in [3.8, 4) is 5.75 Å². The minimum atomic E-state index is -0.316. The Morgan fingerprint density at radius 3 is 3.14 bits per heavy atom. The zero-order valence-electron chi connectivity index (χ0n) is 12.8. The fourth-order valence-corrected chi connectivity index (χ4v) is 5.71. The zero-order chi connectivity index (χ0) is 15.1. The molecule has 1 aromatic rings. The number of piperidine rings is 1. The smallest absolute Gasteiger partial charge is 0.174 e. The molecule has 1 spiro atoms. The van der Waals surface area contributed by atoms with Gasteiger partial charge in [0.15, 0.2) is 11.9 Å². The van der Waals surface area contributed by atoms with Crippen molar-refractivity contribution in [2.45, 2.75) is 49.9 Å². The largest absolute Gasteiger partial charge is 0.481 e. The quantitative estimate of drug-likeness (QED) is 0.852. The van der Waals surface area contributed by atoms with Crippen molar-refractivity contribution >= 4 is 5.78 Å². The van der Waals surface area contributed by atoms with Crippen molar-refractivity contribution in [2.24, 2.45) is 5.92 Å². The van der Waals surface area contributed by atoms with Crippen molar-refractivity contribution < 1.29 is 14.6 Å². The number of rotatable bonds is 1. The minimum Gasteiger partial charge on any atom is -0.481 e. The number of carbonyl (C=O) groups excluding carboxylic acids is 1. The lowest BCUT2D eigenvalue weighted by atomic mass is 9.51. The number of aliphatic hydroxyl groups excluding tert-OH is 1. The van der Waals surface area contributed by atoms with Gasteiger partial charge in [0.2, 0.25) is 0 Å². The van der Waals surface area contributed by atoms with E-state index in [9.17, 15) is 9.90 Å². The summed E-state index contributed by atoms with van der Waals surface area (Å²) in [7, 11) is 2.22. The molecule has 1 saturated carbocycles. The van der Waals surface area contributed by atoms with Crippen LogP contribution >= 0.6 is 0 Å². The summed E-state index contributed by atoms with van der Waals surface area (Å²) < 4.78 is 6.22. The average Bonchev–Trinajstić information content (AvgIpc) is 2.88. The van der Waals surface area contributed by atoms with Crippen molar-refractivity contribution in [2.75, 3.05) is 13.6 Å². The van der Waals surface area contributed by atoms with Crippen LogP contribution in [0.25, 0.3) is 0 Å². The normalized spacial score (nSPS) is 38.6. The van der Waals surface area contributed by atoms with Crippen LogP contribution in [0.3, 0.4) is 0 Å². The van der Waals surface area contributed by atoms with E-state index in [1.807, 2.05) is 6.07 Å². The molecule has 1 N–H and O–H groups in total. The van der Waals surface area contributed by atoms with Crippen LogP contribution < -0.4 is 4.74 Å². The lowest BCUT2D eigenvalue weighted by molar-refractivity contribution is -0.138. The van der Waals surface area contributed by atoms with Gasteiger partial charge in [-0.2, -0.15) is 0 Å². The van der Waals surface area contributed by atoms with Gasteiger partial charge < -0.3 is 14.7 Å². The van der Waals surface area contributed by atoms with E-state index < -0.39 is 0 Å². The van der Waals surface area contributed by atoms with Crippen LogP contribution in [0, 0.1) is 5.92 Å². The van der Waals surface area contributed by atoms with Gasteiger partial charge in [-0.3, -0.25) is 4.79 Å². The molecule has 0 radical (unpaired) electrons. The summed E-state index contributed by atoms with van der Waals surface area (Å²) >= 11 is 0. The Kier molecular flexibility index (Phi) is 2.45. The number of likely N-dealkylation sites (tertiary alicyclic amines) is 1. The third-order valence-electron chi connectivity index (χ3n) is 6.66. The molecule has 4 heteroatoms. The van der Waals surface area contributed by atoms with E-state index in [2.05, 4.69) is 18.0 Å². The highest BCUT2D eigenvalue weighted by atomic mass is 16.5. The van der Waals surface area contributed by atoms with Gasteiger partial charge in [0.05, 0.1) is 6.61 Å². The Bertz CT molecular complexity index is 685. The molecule has 116 valence electrons. The monoisotopic (exact) mass is 299 g/mol. The number of benzene rings is 1. The Hall–Kier alpha value is -1.39. The molecule has 1 aromatic carbocycles. The van der Waals surface area contributed by atoms with Gasteiger partial charge in [0, 0.05) is 29.0 Å². The highest BCUT2D eigenvalue weighted by Crippen LogP contribution is 2.61. The van der Waals surface area contributed by atoms with Gasteiger partial charge >= 0.3 is 0 Å². The first-order valence-corrected chi connectivity index (χ1v) is 8.32. The van der Waals surface area contributed by atoms with E-state index in [0.29, 0.717) is 18.4 Å². The molecule has 0 amide bonds. The molecular formula is C18H21NO3. The lowest BCUT2D eigenvalue weighted by Gasteiger charge is -2.57. The molecule has 0 aromatic heterocycles. The van der Waals surface area contributed by atoms with E-state index in [1.165, 1.54) is 11.1 Å². The summed E-state index contributed by atoms with van der Waals surface area (Å²) in [5.74, 6) is 1.59. The number of hydrogen-bond acceptors (Lipinski definition) is 4. The second-order valence-electron chi connectivity index (χ2n) is 7.40. The van der Waals surface area contributed by atoms with Gasteiger partial charge in [0.1, 0.15) is 5.75 Å². The van der Waals surface area contributed by atoms with E-state index in [1.54, 1.807) is 0 Å². The summed E-state index contributed by atoms with van der Waals surface area (Å²) in [6, 6.07) is 4.65. The minimum absolute atomic E-state index is 0.0202. The highest BCUT2D eigenvalue weighted by Gasteiger charge is 2.65. The van der Waals surface area contributed by atoms with Crippen LogP contribution in [0.2, 0.25) is 0 Å². The number of ketones is 1. The number of hydrogen-bond donors (Lipinski definition) is 1. The van der Waals surface area contributed by atoms with Gasteiger partial charge in [-0.05, 0) is 44.3 Å². The maximum atomic E-state index is 12.6. The molecule has 2 aliphatic carbocycles. The van der Waals surface area contributed by atoms with E-state index in [-0.39, 0.29) is 23.9 Å². The molecule has 22 heavy (non-hydrogen) atoms. The van der Waals surface area contributed by atoms with Gasteiger partial charge in [-0.1, -0.05) is 12.1 Å². The molecule has 4 nitrogen and oxygen atoms in total. The summed E-state index contributed by atoms with van der Waals surface area (Å²) in [4.78, 5) is 15.1. The van der Waals surface area contributed by atoms with Crippen molar-refractivity contribution in [3.05, 3.63) is 28.8 Å². The number of Topliss-reactive ketones (excluding diaryl/α,β-unsaturated/α-hetero) is 1. The maximum absolute atomic E-state index is 12.6. The Morgan fingerprint density at radius 1 is 1.45 bits per heavy atom. The zero-order valence-corrected chi connectivity index (χ0v) is 12.8. The van der Waals surface area contributed by atoms with Crippen LogP contribution in [0.5, 0.6) is 5.75 Å². The van der Waals surface area contributed by atoms with E-state index in [0.717, 1.165) is 37.1 Å². The van der Waals surface area contributed by atoms with Crippen LogP contribution in [0.4, 0.5) is 0 Å². The molecule has 1 saturated heterocycles. The van der Waals surface area contributed by atoms with E-state index >= 15 is 0 Å². The molecule has 4 aliphatic rings. The molecule has 1 unspecified atom stereocenters. The first-order valence-electron chi connectivity index (χ1n) is 8.32. The second-order valence-corrected chi connectivity index (χ2v) is 7.40. The Morgan fingerprint density at radius 2 is 2.32 bits per heavy atom. The van der Waals surface area contributed by atoms with E-state index in [4.69, 9.17) is 4.74 Å². The van der Waals surface area contributed by atoms with Crippen molar-refractivity contribution in [1.29, 1.82) is 0 Å². The third-order valence-corrected chi connectivity index (χ3v) is 6.66. The third kappa shape index (κ3) is 1.30. The standard InChI is InChI=1S/C18H21NO3/c1-19-7-6-18-12-4-5-14(21)17(18)22-16-11(9-20)3-2-10(15(16)18)8-13(12)19/h2-3,12-13,17,20H,4-9H2,1H3/t12-,13?,17-,18-/m0/s1. The summed E-state index contributed by atoms with van der Waals surface area (Å²) in [5.41, 5.74) is 3.32. The van der Waals surface area contributed by atoms with Gasteiger partial charge in [0.25, 0.3) is 0 Å². The SMILES string of the molecule is CN1CC[C@]23c4c5ccc(CO)c4O[C@H]2C(=O)CC[C@H]3C1C5. The van der Waals surface area contributed by atoms with Gasteiger partial charge in [-0.15, -0.1) is 0 Å². The molecule has 2 fully saturated rings. The topological polar surface area (TPSA) is 49.8 Å². The lowest BCUT2D eigenvalue weighted by Crippen LogP contribution is -2.65. The molecule has 5 rings (SSSR count). The fourth-order valence-electron chi connectivity index (χ4n) is 5.71. The van der Waals surface area contributed by atoms with Crippen LogP contribution in [0.1, 0.15) is 36.0 Å². The predicted octanol–water partition coefficient (Wildman–Crippen LogP) is 1.42. The first kappa shape index (κ1) is 13.1. The first-order chi connectivity index (χ1) is 10.7. The predicted molar refractivity (Wildman–Crippen MR) is 80.9 cm³/mol. The number of ether oxygens (including phenoxy) is 1. The van der Waals surface area contributed by atoms with Crippen molar-refractivity contribution in [3.63, 3.8) is 0 Å². The maximum Gasteiger partial charge on any atom is 0.174 e. The average molecular weight is 299 g/mol. The number of nitrogens with zero attached hydrogens (tertiary/aromatic N) is 1. The number of carbonyl (C=O) groups is 1. The van der Waals surface area contributed by atoms with Crippen LogP contribution in [-0.2, 0) is 23.2 Å². The molecular weight excluding hydrogens is 278 g/mol. The summed E-state index contributed by atoms with van der Waals surface area (Å²) in [6.07, 6.45) is 3.34. The molecule has 2 aliphatic heterocycles. The van der Waals surface area contributed by atoms with Crippen LogP contribution in [-0.4, -0.2) is 41.5 Å². The van der Waals surface area contributed by atoms with Gasteiger partial charge in [-0.25, -0.2) is 0 Å². The Labute approximate surface area is 130 Å². The fraction of sp³-hybridized carbons (Fsp3) is 0.611. The van der Waals surface area contributed by atoms with Crippen molar-refractivity contribution in [1.82, 2.24) is 4.90 Å². The summed E-state index contributed by atoms with van der Waals surface area (Å²) in [5, 5.41) is 9.67. The number of likely N-dealkylation sites (N-methyl/N-ethyl adjacent to an activating group) is 1. The highest BCUT2D eigenvalue weighted by molar-refractivity contribution is 5.89. The van der Waals surface area contributed by atoms with Crippen LogP contribution in [0.15, 0.2) is 12.1 Å². The Balaban J connectivity index is 1.81. The molecule has 2 heterocycles. The summed E-state index contributed by atoms with van der Waals surface area (Å²) in [6.45, 7) is 1.00. The second kappa shape index (κ2) is 4.12. The number of aliphatic hydroxyl groups is 1. The molecule has 4 atom stereocenters.